The summed E-state index contributed by atoms with van der Waals surface area (Å²) < 4.78 is 32.3. The molecule has 0 spiro atoms. The van der Waals surface area contributed by atoms with Crippen molar-refractivity contribution in [3.63, 3.8) is 0 Å². The number of aromatic nitrogens is 1. The average molecular weight is 458 g/mol. The van der Waals surface area contributed by atoms with Gasteiger partial charge in [0.1, 0.15) is 5.75 Å². The Kier molecular flexibility index (Phi) is 6.35. The lowest BCUT2D eigenvalue weighted by molar-refractivity contribution is 0.102. The summed E-state index contributed by atoms with van der Waals surface area (Å²) in [4.78, 5) is 17.3. The Labute approximate surface area is 185 Å². The van der Waals surface area contributed by atoms with Crippen LogP contribution in [0.15, 0.2) is 58.8 Å². The molecule has 3 aromatic rings. The molecule has 31 heavy (non-hydrogen) atoms. The predicted octanol–water partition coefficient (Wildman–Crippen LogP) is 4.25. The van der Waals surface area contributed by atoms with Crippen LogP contribution in [0.2, 0.25) is 0 Å². The van der Waals surface area contributed by atoms with E-state index in [1.54, 1.807) is 48.5 Å². The van der Waals surface area contributed by atoms with Gasteiger partial charge in [-0.25, -0.2) is 13.4 Å². The summed E-state index contributed by atoms with van der Waals surface area (Å²) in [6, 6.07) is 13.7. The summed E-state index contributed by atoms with van der Waals surface area (Å²) in [6.45, 7) is 3.57. The number of thiazole rings is 1. The fourth-order valence-corrected chi connectivity index (χ4v) is 5.63. The maximum Gasteiger partial charge on any atom is 0.257 e. The number of nitrogens with one attached hydrogen (secondary N) is 1. The van der Waals surface area contributed by atoms with Gasteiger partial charge in [0, 0.05) is 29.6 Å². The zero-order valence-electron chi connectivity index (χ0n) is 17.1. The summed E-state index contributed by atoms with van der Waals surface area (Å²) >= 11 is 1.31. The van der Waals surface area contributed by atoms with E-state index in [0.717, 1.165) is 18.4 Å². The van der Waals surface area contributed by atoms with Crippen LogP contribution in [-0.4, -0.2) is 43.3 Å². The van der Waals surface area contributed by atoms with Crippen LogP contribution in [0, 0.1) is 0 Å². The molecule has 0 atom stereocenters. The molecular weight excluding hydrogens is 434 g/mol. The molecule has 1 fully saturated rings. The third-order valence-electron chi connectivity index (χ3n) is 4.98. The largest absolute Gasteiger partial charge is 0.494 e. The van der Waals surface area contributed by atoms with E-state index in [1.165, 1.54) is 15.6 Å². The molecule has 1 aromatic heterocycles. The Balaban J connectivity index is 1.46. The first kappa shape index (κ1) is 21.5. The Hall–Kier alpha value is -2.75. The lowest BCUT2D eigenvalue weighted by Gasteiger charge is -2.15. The molecular formula is C22H23N3O4S2. The van der Waals surface area contributed by atoms with Crippen LogP contribution < -0.4 is 10.1 Å². The second-order valence-corrected chi connectivity index (χ2v) is 9.88. The summed E-state index contributed by atoms with van der Waals surface area (Å²) in [5.74, 6) is 0.369. The van der Waals surface area contributed by atoms with Gasteiger partial charge < -0.3 is 4.74 Å². The predicted molar refractivity (Wildman–Crippen MR) is 121 cm³/mol. The van der Waals surface area contributed by atoms with Crippen LogP contribution in [0.3, 0.4) is 0 Å². The fraction of sp³-hybridized carbons (Fsp3) is 0.273. The van der Waals surface area contributed by atoms with E-state index in [4.69, 9.17) is 4.74 Å². The molecule has 9 heteroatoms. The van der Waals surface area contributed by atoms with Crippen LogP contribution in [0.5, 0.6) is 5.75 Å². The third kappa shape index (κ3) is 4.79. The van der Waals surface area contributed by atoms with Gasteiger partial charge in [-0.15, -0.1) is 11.3 Å². The van der Waals surface area contributed by atoms with Crippen molar-refractivity contribution >= 4 is 32.4 Å². The summed E-state index contributed by atoms with van der Waals surface area (Å²) in [6.07, 6.45) is 1.81. The highest BCUT2D eigenvalue weighted by Gasteiger charge is 2.27. The zero-order valence-corrected chi connectivity index (χ0v) is 18.7. The Morgan fingerprint density at radius 3 is 2.61 bits per heavy atom. The van der Waals surface area contributed by atoms with Crippen LogP contribution >= 0.6 is 11.3 Å². The van der Waals surface area contributed by atoms with Crippen LogP contribution in [0.1, 0.15) is 30.1 Å². The number of ether oxygens (including phenoxy) is 1. The molecule has 0 bridgehead atoms. The number of carbonyl (C=O) groups excluding carboxylic acids is 1. The molecule has 162 valence electrons. The van der Waals surface area contributed by atoms with Crippen molar-refractivity contribution in [1.29, 1.82) is 0 Å². The highest BCUT2D eigenvalue weighted by Crippen LogP contribution is 2.28. The first-order valence-electron chi connectivity index (χ1n) is 10.1. The molecule has 1 N–H and O–H groups in total. The lowest BCUT2D eigenvalue weighted by Crippen LogP contribution is -2.27. The highest BCUT2D eigenvalue weighted by molar-refractivity contribution is 7.89. The third-order valence-corrected chi connectivity index (χ3v) is 7.66. The summed E-state index contributed by atoms with van der Waals surface area (Å²) in [5.41, 5.74) is 1.95. The SMILES string of the molecule is CCOc1cccc(C(=O)Nc2nc(-c3ccc(S(=O)(=O)N4CCCC4)cc3)cs2)c1. The number of carbonyl (C=O) groups is 1. The lowest BCUT2D eigenvalue weighted by atomic mass is 10.2. The van der Waals surface area contributed by atoms with E-state index in [-0.39, 0.29) is 10.8 Å². The molecule has 0 aliphatic carbocycles. The molecule has 1 saturated heterocycles. The summed E-state index contributed by atoms with van der Waals surface area (Å²) in [7, 11) is -3.44. The van der Waals surface area contributed by atoms with Gasteiger partial charge in [-0.2, -0.15) is 4.31 Å². The Bertz CT molecular complexity index is 1170. The van der Waals surface area contributed by atoms with Crippen LogP contribution in [-0.2, 0) is 10.0 Å². The van der Waals surface area contributed by atoms with Gasteiger partial charge in [-0.1, -0.05) is 18.2 Å². The quantitative estimate of drug-likeness (QED) is 0.573. The Morgan fingerprint density at radius 1 is 1.16 bits per heavy atom. The molecule has 4 rings (SSSR count). The maximum atomic E-state index is 12.7. The molecule has 1 aliphatic heterocycles. The van der Waals surface area contributed by atoms with E-state index in [0.29, 0.717) is 41.8 Å². The minimum atomic E-state index is -3.44. The molecule has 0 unspecified atom stereocenters. The van der Waals surface area contributed by atoms with Crippen molar-refractivity contribution in [2.75, 3.05) is 25.0 Å². The standard InChI is InChI=1S/C22H23N3O4S2/c1-2-29-18-7-5-6-17(14-18)21(26)24-22-23-20(15-30-22)16-8-10-19(11-9-16)31(27,28)25-12-3-4-13-25/h5-11,14-15H,2-4,12-13H2,1H3,(H,23,24,26). The molecule has 1 aliphatic rings. The Morgan fingerprint density at radius 2 is 1.90 bits per heavy atom. The number of nitrogens with zero attached hydrogens (tertiary/aromatic N) is 2. The first-order valence-corrected chi connectivity index (χ1v) is 12.4. The molecule has 1 amide bonds. The number of hydrogen-bond acceptors (Lipinski definition) is 6. The van der Waals surface area contributed by atoms with Gasteiger partial charge in [-0.3, -0.25) is 10.1 Å². The molecule has 0 radical (unpaired) electrons. The number of benzene rings is 2. The van der Waals surface area contributed by atoms with Crippen molar-refractivity contribution < 1.29 is 17.9 Å². The minimum Gasteiger partial charge on any atom is -0.494 e. The van der Waals surface area contributed by atoms with Crippen molar-refractivity contribution in [1.82, 2.24) is 9.29 Å². The number of hydrogen-bond donors (Lipinski definition) is 1. The molecule has 0 saturated carbocycles. The normalized spacial score (nSPS) is 14.5. The van der Waals surface area contributed by atoms with Crippen molar-refractivity contribution in [2.24, 2.45) is 0 Å². The summed E-state index contributed by atoms with van der Waals surface area (Å²) in [5, 5.41) is 5.10. The minimum absolute atomic E-state index is 0.269. The maximum absolute atomic E-state index is 12.7. The second-order valence-electron chi connectivity index (χ2n) is 7.09. The number of sulfonamides is 1. The van der Waals surface area contributed by atoms with E-state index < -0.39 is 10.0 Å². The number of amides is 1. The second kappa shape index (κ2) is 9.17. The smallest absolute Gasteiger partial charge is 0.257 e. The van der Waals surface area contributed by atoms with Crippen molar-refractivity contribution in [3.8, 4) is 17.0 Å². The topological polar surface area (TPSA) is 88.6 Å². The van der Waals surface area contributed by atoms with Crippen LogP contribution in [0.25, 0.3) is 11.3 Å². The molecule has 2 heterocycles. The van der Waals surface area contributed by atoms with E-state index in [2.05, 4.69) is 10.3 Å². The van der Waals surface area contributed by atoms with Gasteiger partial charge in [0.25, 0.3) is 5.91 Å². The number of rotatable bonds is 7. The van der Waals surface area contributed by atoms with Crippen LogP contribution in [0.4, 0.5) is 5.13 Å². The van der Waals surface area contributed by atoms with Gasteiger partial charge in [0.05, 0.1) is 17.2 Å². The van der Waals surface area contributed by atoms with Crippen molar-refractivity contribution in [2.45, 2.75) is 24.7 Å². The molecule has 2 aromatic carbocycles. The van der Waals surface area contributed by atoms with Gasteiger partial charge in [-0.05, 0) is 50.1 Å². The van der Waals surface area contributed by atoms with E-state index >= 15 is 0 Å². The highest BCUT2D eigenvalue weighted by atomic mass is 32.2. The van der Waals surface area contributed by atoms with E-state index in [1.807, 2.05) is 12.3 Å². The molecule has 7 nitrogen and oxygen atoms in total. The number of anilines is 1. The fourth-order valence-electron chi connectivity index (χ4n) is 3.40. The van der Waals surface area contributed by atoms with E-state index in [9.17, 15) is 13.2 Å². The average Bonchev–Trinajstić information content (AvgIpc) is 3.47. The van der Waals surface area contributed by atoms with Crippen molar-refractivity contribution in [3.05, 3.63) is 59.5 Å². The van der Waals surface area contributed by atoms with Gasteiger partial charge >= 0.3 is 0 Å². The zero-order chi connectivity index (χ0) is 21.8. The van der Waals surface area contributed by atoms with Gasteiger partial charge in [0.2, 0.25) is 10.0 Å². The first-order chi connectivity index (χ1) is 15.0. The van der Waals surface area contributed by atoms with Gasteiger partial charge in [0.15, 0.2) is 5.13 Å². The monoisotopic (exact) mass is 457 g/mol.